The van der Waals surface area contributed by atoms with Crippen molar-refractivity contribution >= 4 is 0 Å². The lowest BCUT2D eigenvalue weighted by Gasteiger charge is -2.06. The first-order valence-corrected chi connectivity index (χ1v) is 4.42. The quantitative estimate of drug-likeness (QED) is 0.752. The highest BCUT2D eigenvalue weighted by atomic mass is 19.1. The summed E-state index contributed by atoms with van der Waals surface area (Å²) >= 11 is 0. The van der Waals surface area contributed by atoms with E-state index in [-0.39, 0.29) is 5.82 Å². The molecule has 0 atom stereocenters. The third kappa shape index (κ3) is 1.93. The molecule has 0 radical (unpaired) electrons. The van der Waals surface area contributed by atoms with E-state index in [1.54, 1.807) is 24.5 Å². The molecule has 4 heteroatoms. The van der Waals surface area contributed by atoms with Gasteiger partial charge in [-0.05, 0) is 18.2 Å². The summed E-state index contributed by atoms with van der Waals surface area (Å²) in [5.74, 6) is 0.613. The second-order valence-electron chi connectivity index (χ2n) is 2.92. The lowest BCUT2D eigenvalue weighted by Crippen LogP contribution is -1.92. The molecule has 0 aliphatic rings. The van der Waals surface area contributed by atoms with Crippen LogP contribution in [-0.2, 0) is 0 Å². The number of ether oxygens (including phenoxy) is 1. The van der Waals surface area contributed by atoms with Gasteiger partial charge in [-0.25, -0.2) is 14.4 Å². The number of hydrogen-bond acceptors (Lipinski definition) is 3. The summed E-state index contributed by atoms with van der Waals surface area (Å²) in [6, 6.07) is 5.99. The standard InChI is InChI=1S/C11H9FN2O/c1-15-10-7-8(12)3-4-9(10)11-13-5-2-6-14-11/h2-7H,1H3. The van der Waals surface area contributed by atoms with Crippen LogP contribution in [0.15, 0.2) is 36.7 Å². The Morgan fingerprint density at radius 2 is 1.93 bits per heavy atom. The Morgan fingerprint density at radius 3 is 2.60 bits per heavy atom. The fraction of sp³-hybridized carbons (Fsp3) is 0.0909. The normalized spacial score (nSPS) is 10.0. The van der Waals surface area contributed by atoms with Gasteiger partial charge in [0.25, 0.3) is 0 Å². The van der Waals surface area contributed by atoms with Gasteiger partial charge in [0, 0.05) is 18.5 Å². The van der Waals surface area contributed by atoms with Crippen LogP contribution >= 0.6 is 0 Å². The van der Waals surface area contributed by atoms with Gasteiger partial charge in [0.1, 0.15) is 11.6 Å². The third-order valence-electron chi connectivity index (χ3n) is 1.97. The van der Waals surface area contributed by atoms with Crippen molar-refractivity contribution in [3.63, 3.8) is 0 Å². The van der Waals surface area contributed by atoms with Crippen LogP contribution in [0.2, 0.25) is 0 Å². The van der Waals surface area contributed by atoms with Gasteiger partial charge >= 0.3 is 0 Å². The van der Waals surface area contributed by atoms with E-state index < -0.39 is 0 Å². The van der Waals surface area contributed by atoms with Crippen LogP contribution in [0.1, 0.15) is 0 Å². The summed E-state index contributed by atoms with van der Waals surface area (Å²) in [6.07, 6.45) is 3.26. The molecule has 0 bridgehead atoms. The van der Waals surface area contributed by atoms with Crippen LogP contribution in [0.25, 0.3) is 11.4 Å². The zero-order valence-electron chi connectivity index (χ0n) is 8.14. The van der Waals surface area contributed by atoms with Gasteiger partial charge in [-0.2, -0.15) is 0 Å². The molecule has 1 aromatic heterocycles. The Kier molecular flexibility index (Phi) is 2.58. The minimum atomic E-state index is -0.341. The smallest absolute Gasteiger partial charge is 0.162 e. The second kappa shape index (κ2) is 4.04. The Balaban J connectivity index is 2.53. The number of hydrogen-bond donors (Lipinski definition) is 0. The fourth-order valence-electron chi connectivity index (χ4n) is 1.29. The van der Waals surface area contributed by atoms with Crippen molar-refractivity contribution < 1.29 is 9.13 Å². The van der Waals surface area contributed by atoms with Crippen LogP contribution in [0.3, 0.4) is 0 Å². The number of halogens is 1. The van der Waals surface area contributed by atoms with Crippen molar-refractivity contribution in [1.29, 1.82) is 0 Å². The van der Waals surface area contributed by atoms with E-state index in [1.807, 2.05) is 0 Å². The van der Waals surface area contributed by atoms with E-state index in [9.17, 15) is 4.39 Å². The molecular formula is C11H9FN2O. The molecule has 0 amide bonds. The summed E-state index contributed by atoms with van der Waals surface area (Å²) in [4.78, 5) is 8.15. The minimum absolute atomic E-state index is 0.341. The molecule has 0 spiro atoms. The molecule has 2 aromatic rings. The third-order valence-corrected chi connectivity index (χ3v) is 1.97. The topological polar surface area (TPSA) is 35.0 Å². The van der Waals surface area contributed by atoms with E-state index in [2.05, 4.69) is 9.97 Å². The number of methoxy groups -OCH3 is 1. The lowest BCUT2D eigenvalue weighted by molar-refractivity contribution is 0.412. The maximum atomic E-state index is 12.9. The molecule has 0 aliphatic carbocycles. The van der Waals surface area contributed by atoms with Gasteiger partial charge in [0.15, 0.2) is 5.82 Å². The van der Waals surface area contributed by atoms with Crippen molar-refractivity contribution in [3.05, 3.63) is 42.5 Å². The predicted octanol–water partition coefficient (Wildman–Crippen LogP) is 2.29. The molecule has 0 N–H and O–H groups in total. The summed E-state index contributed by atoms with van der Waals surface area (Å²) < 4.78 is 18.0. The number of benzene rings is 1. The van der Waals surface area contributed by atoms with Gasteiger partial charge in [0.2, 0.25) is 0 Å². The van der Waals surface area contributed by atoms with Crippen molar-refractivity contribution in [3.8, 4) is 17.1 Å². The average Bonchev–Trinajstić information content (AvgIpc) is 2.30. The van der Waals surface area contributed by atoms with Crippen LogP contribution in [0.5, 0.6) is 5.75 Å². The SMILES string of the molecule is COc1cc(F)ccc1-c1ncccn1. The fourth-order valence-corrected chi connectivity index (χ4v) is 1.29. The van der Waals surface area contributed by atoms with E-state index in [1.165, 1.54) is 19.2 Å². The van der Waals surface area contributed by atoms with Gasteiger partial charge < -0.3 is 4.74 Å². The largest absolute Gasteiger partial charge is 0.496 e. The van der Waals surface area contributed by atoms with Crippen LogP contribution in [0, 0.1) is 5.82 Å². The van der Waals surface area contributed by atoms with Crippen molar-refractivity contribution in [2.45, 2.75) is 0 Å². The zero-order valence-corrected chi connectivity index (χ0v) is 8.14. The molecule has 0 unspecified atom stereocenters. The second-order valence-corrected chi connectivity index (χ2v) is 2.92. The summed E-state index contributed by atoms with van der Waals surface area (Å²) in [5, 5.41) is 0. The average molecular weight is 204 g/mol. The highest BCUT2D eigenvalue weighted by Gasteiger charge is 2.08. The molecule has 0 saturated heterocycles. The molecule has 2 rings (SSSR count). The molecular weight excluding hydrogens is 195 g/mol. The summed E-state index contributed by atoms with van der Waals surface area (Å²) in [7, 11) is 1.49. The number of aromatic nitrogens is 2. The van der Waals surface area contributed by atoms with E-state index in [4.69, 9.17) is 4.74 Å². The van der Waals surface area contributed by atoms with Crippen LogP contribution in [-0.4, -0.2) is 17.1 Å². The summed E-state index contributed by atoms with van der Waals surface area (Å²) in [5.41, 5.74) is 0.680. The molecule has 1 aromatic carbocycles. The van der Waals surface area contributed by atoms with Gasteiger partial charge in [-0.1, -0.05) is 0 Å². The van der Waals surface area contributed by atoms with Crippen molar-refractivity contribution in [2.24, 2.45) is 0 Å². The van der Waals surface area contributed by atoms with E-state index >= 15 is 0 Å². The Morgan fingerprint density at radius 1 is 1.20 bits per heavy atom. The maximum absolute atomic E-state index is 12.9. The van der Waals surface area contributed by atoms with Gasteiger partial charge in [-0.3, -0.25) is 0 Å². The molecule has 0 saturated carbocycles. The van der Waals surface area contributed by atoms with Crippen LogP contribution < -0.4 is 4.74 Å². The molecule has 0 fully saturated rings. The van der Waals surface area contributed by atoms with Crippen molar-refractivity contribution in [1.82, 2.24) is 9.97 Å². The monoisotopic (exact) mass is 204 g/mol. The zero-order chi connectivity index (χ0) is 10.7. The molecule has 76 valence electrons. The van der Waals surface area contributed by atoms with E-state index in [0.717, 1.165) is 0 Å². The molecule has 1 heterocycles. The Bertz CT molecular complexity index is 459. The first-order chi connectivity index (χ1) is 7.31. The highest BCUT2D eigenvalue weighted by Crippen LogP contribution is 2.27. The number of rotatable bonds is 2. The van der Waals surface area contributed by atoms with Gasteiger partial charge in [0.05, 0.1) is 12.7 Å². The summed E-state index contributed by atoms with van der Waals surface area (Å²) in [6.45, 7) is 0. The highest BCUT2D eigenvalue weighted by molar-refractivity contribution is 5.63. The first-order valence-electron chi connectivity index (χ1n) is 4.42. The Hall–Kier alpha value is -1.97. The van der Waals surface area contributed by atoms with E-state index in [0.29, 0.717) is 17.1 Å². The van der Waals surface area contributed by atoms with Gasteiger partial charge in [-0.15, -0.1) is 0 Å². The molecule has 3 nitrogen and oxygen atoms in total. The maximum Gasteiger partial charge on any atom is 0.162 e. The molecule has 0 aliphatic heterocycles. The number of nitrogens with zero attached hydrogens (tertiary/aromatic N) is 2. The lowest BCUT2D eigenvalue weighted by atomic mass is 10.2. The van der Waals surface area contributed by atoms with Crippen LogP contribution in [0.4, 0.5) is 4.39 Å². The predicted molar refractivity (Wildman–Crippen MR) is 54.0 cm³/mol. The van der Waals surface area contributed by atoms with Crippen molar-refractivity contribution in [2.75, 3.05) is 7.11 Å². The molecule has 15 heavy (non-hydrogen) atoms. The first kappa shape index (κ1) is 9.58. The Labute approximate surface area is 86.6 Å². The minimum Gasteiger partial charge on any atom is -0.496 e.